The molecule has 0 aliphatic rings. The highest BCUT2D eigenvalue weighted by Crippen LogP contribution is 2.27. The molecular weight excluding hydrogens is 343 g/mol. The second kappa shape index (κ2) is 5.71. The number of hydrogen-bond acceptors (Lipinski definition) is 4. The maximum atomic E-state index is 11.1. The number of carboxylic acids is 2. The molecule has 0 atom stereocenters. The van der Waals surface area contributed by atoms with Gasteiger partial charge in [0.15, 0.2) is 21.2 Å². The van der Waals surface area contributed by atoms with E-state index in [1.165, 1.54) is 12.1 Å². The van der Waals surface area contributed by atoms with Gasteiger partial charge in [0.2, 0.25) is 0 Å². The minimum Gasteiger partial charge on any atom is -0.508 e. The maximum Gasteiger partial charge on any atom is 0.307 e. The van der Waals surface area contributed by atoms with Crippen molar-refractivity contribution in [2.24, 2.45) is 0 Å². The molecule has 1 aromatic rings. The summed E-state index contributed by atoms with van der Waals surface area (Å²) in [6.07, 6.45) is -0.781. The lowest BCUT2D eigenvalue weighted by Crippen LogP contribution is -2.07. The van der Waals surface area contributed by atoms with Gasteiger partial charge in [-0.25, -0.2) is 0 Å². The predicted molar refractivity (Wildman–Crippen MR) is 64.2 cm³/mol. The van der Waals surface area contributed by atoms with Crippen LogP contribution in [0.25, 0.3) is 0 Å². The van der Waals surface area contributed by atoms with E-state index in [0.717, 1.165) is 0 Å². The monoisotopic (exact) mass is 352 g/mol. The maximum absolute atomic E-state index is 11.1. The van der Waals surface area contributed by atoms with Gasteiger partial charge in [-0.2, -0.15) is 0 Å². The van der Waals surface area contributed by atoms with E-state index in [9.17, 15) is 17.8 Å². The van der Waals surface area contributed by atoms with E-state index in [4.69, 9.17) is 10.2 Å². The summed E-state index contributed by atoms with van der Waals surface area (Å²) in [5.74, 6) is -2.48. The van der Waals surface area contributed by atoms with Gasteiger partial charge < -0.3 is 15.3 Å². The Morgan fingerprint density at radius 3 is 1.76 bits per heavy atom. The Morgan fingerprint density at radius 2 is 1.47 bits per heavy atom. The molecule has 17 heavy (non-hydrogen) atoms. The first kappa shape index (κ1) is 13.6. The number of benzene rings is 1. The van der Waals surface area contributed by atoms with Crippen molar-refractivity contribution >= 4 is 33.1 Å². The van der Waals surface area contributed by atoms with Gasteiger partial charge in [-0.1, -0.05) is 0 Å². The fraction of sp³-hybridized carbons (Fsp3) is 0.200. The van der Waals surface area contributed by atoms with Crippen molar-refractivity contribution in [3.05, 3.63) is 26.8 Å². The number of phenols is 1. The molecule has 1 rings (SSSR count). The minimum atomic E-state index is -1.70. The molecule has 3 N–H and O–H groups in total. The summed E-state index contributed by atoms with van der Waals surface area (Å²) in [6, 6.07) is 2.40. The largest absolute Gasteiger partial charge is 0.508 e. The zero-order chi connectivity index (χ0) is 13.0. The molecule has 0 heterocycles. The third-order valence-electron chi connectivity index (χ3n) is 1.97. The van der Waals surface area contributed by atoms with E-state index in [0.29, 0.717) is 0 Å². The highest BCUT2D eigenvalue weighted by atomic mass is 127. The summed E-state index contributed by atoms with van der Waals surface area (Å²) in [5, 5.41) is 26.7. The average Bonchev–Trinajstić information content (AvgIpc) is 2.14. The van der Waals surface area contributed by atoms with Gasteiger partial charge in [0.1, 0.15) is 5.75 Å². The van der Waals surface area contributed by atoms with Crippen molar-refractivity contribution in [1.29, 1.82) is 0 Å². The Hall–Kier alpha value is -1.51. The highest BCUT2D eigenvalue weighted by Gasteiger charge is 2.15. The van der Waals surface area contributed by atoms with Gasteiger partial charge >= 0.3 is 11.9 Å². The van der Waals surface area contributed by atoms with E-state index in [2.05, 4.69) is 0 Å². The lowest BCUT2D eigenvalue weighted by molar-refractivity contribution is -0.137. The summed E-state index contributed by atoms with van der Waals surface area (Å²) >= 11 is -1.70. The van der Waals surface area contributed by atoms with E-state index in [1.807, 2.05) is 0 Å². The number of aliphatic carboxylic acids is 2. The number of phenolic OH excluding ortho intramolecular Hbond substituents is 1. The Kier molecular flexibility index (Phi) is 4.55. The topological polar surface area (TPSA) is 112 Å². The smallest absolute Gasteiger partial charge is 0.307 e. The molecule has 1 aromatic carbocycles. The Bertz CT molecular complexity index is 445. The van der Waals surface area contributed by atoms with Gasteiger partial charge in [0.25, 0.3) is 0 Å². The summed E-state index contributed by atoms with van der Waals surface area (Å²) in [4.78, 5) is 21.2. The summed E-state index contributed by atoms with van der Waals surface area (Å²) in [6.45, 7) is 0. The fourth-order valence-corrected chi connectivity index (χ4v) is 2.67. The molecule has 0 amide bonds. The number of hydrogen-bond donors (Lipinski definition) is 3. The van der Waals surface area contributed by atoms with Gasteiger partial charge in [-0.15, -0.1) is 0 Å². The Morgan fingerprint density at radius 1 is 1.06 bits per heavy atom. The van der Waals surface area contributed by atoms with Crippen LogP contribution in [-0.4, -0.2) is 27.3 Å². The van der Waals surface area contributed by atoms with Crippen LogP contribution in [-0.2, 0) is 25.5 Å². The third-order valence-corrected chi connectivity index (χ3v) is 3.79. The van der Waals surface area contributed by atoms with Crippen LogP contribution in [0.2, 0.25) is 0 Å². The first-order valence-electron chi connectivity index (χ1n) is 4.49. The van der Waals surface area contributed by atoms with Crippen molar-refractivity contribution < 1.29 is 28.0 Å². The van der Waals surface area contributed by atoms with Gasteiger partial charge in [-0.3, -0.25) is 12.7 Å². The second-order valence-corrected chi connectivity index (χ2v) is 4.82. The lowest BCUT2D eigenvalue weighted by atomic mass is 10.1. The van der Waals surface area contributed by atoms with Crippen molar-refractivity contribution in [3.63, 3.8) is 0 Å². The first-order chi connectivity index (χ1) is 7.93. The van der Waals surface area contributed by atoms with E-state index in [-0.39, 0.29) is 20.4 Å². The molecular formula is C10H9IO6. The Balaban J connectivity index is 3.28. The number of carboxylic acid groups (broad SMARTS) is 2. The molecule has 0 aliphatic carbocycles. The van der Waals surface area contributed by atoms with Crippen molar-refractivity contribution in [2.45, 2.75) is 12.8 Å². The van der Waals surface area contributed by atoms with Crippen LogP contribution in [0.4, 0.5) is 0 Å². The Labute approximate surface area is 107 Å². The van der Waals surface area contributed by atoms with Gasteiger partial charge in [-0.05, 0) is 23.3 Å². The first-order valence-corrected chi connectivity index (χ1v) is 6.45. The standard InChI is InChI=1S/C10H9IO6/c12-7-1-5(3-8(13)14)10(11-17)6(2-7)4-9(15)16/h1-2,12H,3-4H2,(H,13,14)(H,15,16). The molecule has 0 aliphatic heterocycles. The van der Waals surface area contributed by atoms with Gasteiger partial charge in [0.05, 0.1) is 16.4 Å². The van der Waals surface area contributed by atoms with Crippen LogP contribution >= 0.6 is 21.2 Å². The number of aromatic hydroxyl groups is 1. The molecule has 0 fully saturated rings. The quantitative estimate of drug-likeness (QED) is 0.685. The zero-order valence-electron chi connectivity index (χ0n) is 8.51. The summed E-state index contributed by atoms with van der Waals surface area (Å²) < 4.78 is 11.3. The molecule has 0 bridgehead atoms. The number of carbonyl (C=O) groups is 2. The molecule has 0 saturated heterocycles. The SMILES string of the molecule is O=Ic1c(CC(=O)O)cc(O)cc1CC(=O)O. The molecule has 0 radical (unpaired) electrons. The highest BCUT2D eigenvalue weighted by molar-refractivity contribution is 14.1. The molecule has 0 spiro atoms. The fourth-order valence-electron chi connectivity index (χ4n) is 1.41. The zero-order valence-corrected chi connectivity index (χ0v) is 10.7. The molecule has 0 aromatic heterocycles. The van der Waals surface area contributed by atoms with Crippen LogP contribution in [0.5, 0.6) is 5.75 Å². The normalized spacial score (nSPS) is 10.1. The molecule has 6 nitrogen and oxygen atoms in total. The molecule has 92 valence electrons. The van der Waals surface area contributed by atoms with Crippen LogP contribution in [0.15, 0.2) is 12.1 Å². The van der Waals surface area contributed by atoms with E-state index >= 15 is 0 Å². The van der Waals surface area contributed by atoms with Crippen molar-refractivity contribution in [2.75, 3.05) is 0 Å². The second-order valence-electron chi connectivity index (χ2n) is 3.30. The van der Waals surface area contributed by atoms with Crippen LogP contribution in [0, 0.1) is 3.57 Å². The summed E-state index contributed by atoms with van der Waals surface area (Å²) in [7, 11) is 0. The minimum absolute atomic E-state index is 0.205. The van der Waals surface area contributed by atoms with Crippen molar-refractivity contribution in [3.8, 4) is 5.75 Å². The van der Waals surface area contributed by atoms with Crippen LogP contribution < -0.4 is 0 Å². The number of rotatable bonds is 5. The lowest BCUT2D eigenvalue weighted by Gasteiger charge is -2.07. The third kappa shape index (κ3) is 3.77. The predicted octanol–water partition coefficient (Wildman–Crippen LogP) is 1.13. The van der Waals surface area contributed by atoms with Crippen molar-refractivity contribution in [1.82, 2.24) is 0 Å². The average molecular weight is 352 g/mol. The van der Waals surface area contributed by atoms with Crippen LogP contribution in [0.1, 0.15) is 11.1 Å². The van der Waals surface area contributed by atoms with E-state index < -0.39 is 46.0 Å². The number of halogens is 1. The van der Waals surface area contributed by atoms with Gasteiger partial charge in [0, 0.05) is 0 Å². The van der Waals surface area contributed by atoms with Crippen LogP contribution in [0.3, 0.4) is 0 Å². The molecule has 0 saturated carbocycles. The summed E-state index contributed by atoms with van der Waals surface area (Å²) in [5.41, 5.74) is 0.410. The van der Waals surface area contributed by atoms with E-state index in [1.54, 1.807) is 0 Å². The molecule has 0 unspecified atom stereocenters. The molecule has 7 heteroatoms.